The number of Topliss-reactive ketones (excluding diaryl/α,β-unsaturated/α-hetero) is 1. The van der Waals surface area contributed by atoms with Gasteiger partial charge in [-0.25, -0.2) is 4.98 Å². The third-order valence-corrected chi connectivity index (χ3v) is 7.56. The highest BCUT2D eigenvalue weighted by Crippen LogP contribution is 2.46. The average molecular weight is 526 g/mol. The second kappa shape index (κ2) is 9.19. The Morgan fingerprint density at radius 3 is 2.61 bits per heavy atom. The summed E-state index contributed by atoms with van der Waals surface area (Å²) in [4.78, 5) is 32.5. The smallest absolute Gasteiger partial charge is 0.278 e. The molecular formula is C30H24ClN3O4. The summed E-state index contributed by atoms with van der Waals surface area (Å²) >= 11 is 6.36. The van der Waals surface area contributed by atoms with Crippen molar-refractivity contribution in [2.45, 2.75) is 19.3 Å². The Labute approximate surface area is 223 Å². The molecule has 190 valence electrons. The van der Waals surface area contributed by atoms with E-state index >= 15 is 0 Å². The van der Waals surface area contributed by atoms with Crippen LogP contribution in [-0.2, 0) is 6.42 Å². The fraction of sp³-hybridized carbons (Fsp3) is 0.167. The van der Waals surface area contributed by atoms with Gasteiger partial charge in [-0.3, -0.25) is 9.59 Å². The number of halogens is 1. The van der Waals surface area contributed by atoms with Crippen LogP contribution in [0.5, 0.6) is 11.5 Å². The van der Waals surface area contributed by atoms with Crippen molar-refractivity contribution in [3.05, 3.63) is 101 Å². The number of amides is 1. The molecule has 7 nitrogen and oxygen atoms in total. The first-order chi connectivity index (χ1) is 18.3. The van der Waals surface area contributed by atoms with Crippen LogP contribution in [0.3, 0.4) is 0 Å². The van der Waals surface area contributed by atoms with Crippen LogP contribution >= 0.6 is 11.6 Å². The zero-order chi connectivity index (χ0) is 26.6. The van der Waals surface area contributed by atoms with E-state index in [4.69, 9.17) is 11.6 Å². The minimum atomic E-state index is -0.281. The normalized spacial score (nSPS) is 14.8. The fourth-order valence-electron chi connectivity index (χ4n) is 5.34. The maximum Gasteiger partial charge on any atom is 0.278 e. The molecule has 0 bridgehead atoms. The molecule has 1 amide bonds. The maximum atomic E-state index is 13.7. The number of benzene rings is 3. The largest absolute Gasteiger partial charge is 0.508 e. The van der Waals surface area contributed by atoms with Crippen molar-refractivity contribution in [3.8, 4) is 11.5 Å². The molecule has 0 fully saturated rings. The number of phenols is 2. The van der Waals surface area contributed by atoms with Crippen LogP contribution in [0.15, 0.2) is 73.1 Å². The summed E-state index contributed by atoms with van der Waals surface area (Å²) in [6, 6.07) is 17.2. The lowest BCUT2D eigenvalue weighted by Crippen LogP contribution is -2.30. The van der Waals surface area contributed by atoms with Crippen molar-refractivity contribution in [2.24, 2.45) is 0 Å². The van der Waals surface area contributed by atoms with Crippen molar-refractivity contribution in [2.75, 3.05) is 17.3 Å². The summed E-state index contributed by atoms with van der Waals surface area (Å²) in [6.07, 6.45) is 3.62. The first-order valence-corrected chi connectivity index (χ1v) is 12.8. The van der Waals surface area contributed by atoms with Crippen LogP contribution < -0.4 is 4.90 Å². The number of carbonyl (C=O) groups excluding carboxylic acids is 2. The summed E-state index contributed by atoms with van der Waals surface area (Å²) < 4.78 is 1.74. The number of aryl methyl sites for hydroxylation is 1. The zero-order valence-corrected chi connectivity index (χ0v) is 21.3. The number of nitrogens with zero attached hydrogens (tertiary/aromatic N) is 3. The number of alkyl halides is 1. The third kappa shape index (κ3) is 3.96. The van der Waals surface area contributed by atoms with Gasteiger partial charge in [0.25, 0.3) is 5.91 Å². The lowest BCUT2D eigenvalue weighted by atomic mass is 9.92. The molecule has 0 unspecified atom stereocenters. The number of fused-ring (bicyclic) bond motifs is 4. The number of phenolic OH excluding ortho intramolecular Hbond substituents is 2. The van der Waals surface area contributed by atoms with Crippen LogP contribution in [-0.4, -0.2) is 43.7 Å². The number of imidazole rings is 1. The van der Waals surface area contributed by atoms with Crippen LogP contribution in [0, 0.1) is 6.92 Å². The number of aromatic hydroxyl groups is 2. The predicted molar refractivity (Wildman–Crippen MR) is 147 cm³/mol. The Morgan fingerprint density at radius 1 is 1.05 bits per heavy atom. The Morgan fingerprint density at radius 2 is 1.84 bits per heavy atom. The number of hydrogen-bond donors (Lipinski definition) is 2. The van der Waals surface area contributed by atoms with E-state index in [1.807, 2.05) is 31.2 Å². The monoisotopic (exact) mass is 525 g/mol. The fourth-order valence-corrected chi connectivity index (χ4v) is 5.59. The summed E-state index contributed by atoms with van der Waals surface area (Å²) in [6.45, 7) is 2.38. The van der Waals surface area contributed by atoms with E-state index in [0.29, 0.717) is 29.3 Å². The molecule has 1 atom stereocenters. The van der Waals surface area contributed by atoms with Gasteiger partial charge in [0, 0.05) is 54.2 Å². The van der Waals surface area contributed by atoms with Crippen molar-refractivity contribution >= 4 is 45.4 Å². The molecule has 0 spiro atoms. The quantitative estimate of drug-likeness (QED) is 0.229. The van der Waals surface area contributed by atoms with Gasteiger partial charge in [-0.15, -0.1) is 11.6 Å². The van der Waals surface area contributed by atoms with Crippen LogP contribution in [0.1, 0.15) is 43.5 Å². The molecule has 38 heavy (non-hydrogen) atoms. The molecule has 6 rings (SSSR count). The molecule has 5 aromatic rings. The molecule has 1 aliphatic heterocycles. The van der Waals surface area contributed by atoms with E-state index in [1.165, 1.54) is 12.1 Å². The van der Waals surface area contributed by atoms with Gasteiger partial charge >= 0.3 is 0 Å². The first-order valence-electron chi connectivity index (χ1n) is 12.3. The van der Waals surface area contributed by atoms with Crippen molar-refractivity contribution in [1.82, 2.24) is 9.38 Å². The van der Waals surface area contributed by atoms with E-state index < -0.39 is 0 Å². The third-order valence-electron chi connectivity index (χ3n) is 7.19. The molecule has 0 saturated carbocycles. The molecule has 3 heterocycles. The molecule has 0 aliphatic carbocycles. The van der Waals surface area contributed by atoms with Crippen molar-refractivity contribution in [3.63, 3.8) is 0 Å². The topological polar surface area (TPSA) is 95.1 Å². The molecule has 0 saturated heterocycles. The standard InChI is InChI=1S/C30H24ClN3O4/c1-17-3-2-4-22-26(37)12-24-29(28(17)22)20(13-31)15-34(24)30(38)23-16-33-14-18(5-10-27(33)32-23)11-25(36)19-6-8-21(35)9-7-19/h2-10,12,14,16,20,35,37H,11,13,15H2,1H3/t20-/m1/s1. The molecule has 8 heteroatoms. The molecule has 3 aromatic carbocycles. The Bertz CT molecular complexity index is 1740. The minimum Gasteiger partial charge on any atom is -0.508 e. The van der Waals surface area contributed by atoms with E-state index in [0.717, 1.165) is 27.5 Å². The maximum absolute atomic E-state index is 13.7. The van der Waals surface area contributed by atoms with Crippen molar-refractivity contribution < 1.29 is 19.8 Å². The van der Waals surface area contributed by atoms with E-state index in [1.54, 1.807) is 46.0 Å². The molecule has 2 aromatic heterocycles. The second-order valence-electron chi connectivity index (χ2n) is 9.67. The Kier molecular flexibility index (Phi) is 5.80. The van der Waals surface area contributed by atoms with Gasteiger partial charge in [0.1, 0.15) is 22.8 Å². The van der Waals surface area contributed by atoms with Gasteiger partial charge in [-0.1, -0.05) is 24.3 Å². The number of carbonyl (C=O) groups is 2. The van der Waals surface area contributed by atoms with Crippen LogP contribution in [0.4, 0.5) is 5.69 Å². The molecule has 1 aliphatic rings. The lowest BCUT2D eigenvalue weighted by molar-refractivity contribution is 0.0979. The van der Waals surface area contributed by atoms with Gasteiger partial charge in [0.15, 0.2) is 5.78 Å². The van der Waals surface area contributed by atoms with Gasteiger partial charge in [0.05, 0.1) is 5.69 Å². The number of anilines is 1. The van der Waals surface area contributed by atoms with E-state index in [2.05, 4.69) is 4.98 Å². The van der Waals surface area contributed by atoms with Crippen LogP contribution in [0.25, 0.3) is 16.4 Å². The summed E-state index contributed by atoms with van der Waals surface area (Å²) in [5, 5.41) is 21.9. The Hall–Kier alpha value is -4.36. The number of pyridine rings is 1. The van der Waals surface area contributed by atoms with E-state index in [9.17, 15) is 19.8 Å². The number of hydrogen-bond acceptors (Lipinski definition) is 5. The Balaban J connectivity index is 1.33. The van der Waals surface area contributed by atoms with Gasteiger partial charge in [-0.2, -0.15) is 0 Å². The summed E-state index contributed by atoms with van der Waals surface area (Å²) in [5.74, 6) is 0.132. The number of rotatable bonds is 5. The number of aromatic nitrogens is 2. The van der Waals surface area contributed by atoms with Gasteiger partial charge in [-0.05, 0) is 59.3 Å². The summed E-state index contributed by atoms with van der Waals surface area (Å²) in [5.41, 5.74) is 4.76. The first kappa shape index (κ1) is 24.0. The number of ketones is 1. The molecular weight excluding hydrogens is 502 g/mol. The minimum absolute atomic E-state index is 0.0747. The van der Waals surface area contributed by atoms with Crippen molar-refractivity contribution in [1.29, 1.82) is 0 Å². The lowest BCUT2D eigenvalue weighted by Gasteiger charge is -2.17. The zero-order valence-electron chi connectivity index (χ0n) is 20.6. The van der Waals surface area contributed by atoms with E-state index in [-0.39, 0.29) is 41.2 Å². The highest BCUT2D eigenvalue weighted by molar-refractivity contribution is 6.19. The molecule has 2 N–H and O–H groups in total. The molecule has 0 radical (unpaired) electrons. The van der Waals surface area contributed by atoms with Gasteiger partial charge < -0.3 is 19.5 Å². The second-order valence-corrected chi connectivity index (χ2v) is 9.98. The highest BCUT2D eigenvalue weighted by Gasteiger charge is 2.36. The predicted octanol–water partition coefficient (Wildman–Crippen LogP) is 5.62. The summed E-state index contributed by atoms with van der Waals surface area (Å²) in [7, 11) is 0. The SMILES string of the molecule is Cc1cccc2c(O)cc3c(c12)[C@H](CCl)CN3C(=O)c1cn2cc(CC(=O)c3ccc(O)cc3)ccc2n1. The van der Waals surface area contributed by atoms with Crippen LogP contribution in [0.2, 0.25) is 0 Å². The highest BCUT2D eigenvalue weighted by atomic mass is 35.5. The average Bonchev–Trinajstić information content (AvgIpc) is 3.50. The van der Waals surface area contributed by atoms with Gasteiger partial charge in [0.2, 0.25) is 0 Å².